The standard InChI is InChI=1S/C20H19N3O2.ClH/c1-4-25-18-8-6-14(11-19(18)24-3)10-15(12-21)20-22-16-7-5-13(2)9-17(16)23-20;/h5-11H,4H2,1-3H3,(H,22,23);1H/b15-10+;. The quantitative estimate of drug-likeness (QED) is 0.658. The number of rotatable bonds is 5. The number of nitriles is 1. The van der Waals surface area contributed by atoms with E-state index in [9.17, 15) is 5.26 Å². The zero-order chi connectivity index (χ0) is 17.8. The maximum atomic E-state index is 9.55. The molecule has 134 valence electrons. The number of ether oxygens (including phenoxy) is 2. The van der Waals surface area contributed by atoms with Crippen LogP contribution >= 0.6 is 12.4 Å². The van der Waals surface area contributed by atoms with E-state index in [4.69, 9.17) is 9.47 Å². The van der Waals surface area contributed by atoms with E-state index in [0.29, 0.717) is 29.5 Å². The molecule has 0 fully saturated rings. The molecule has 0 unspecified atom stereocenters. The van der Waals surface area contributed by atoms with Gasteiger partial charge in [0.05, 0.1) is 30.3 Å². The number of nitrogens with zero attached hydrogens (tertiary/aromatic N) is 2. The van der Waals surface area contributed by atoms with Gasteiger partial charge in [0.1, 0.15) is 11.9 Å². The van der Waals surface area contributed by atoms with Gasteiger partial charge in [-0.25, -0.2) is 4.98 Å². The van der Waals surface area contributed by atoms with Gasteiger partial charge in [0.2, 0.25) is 0 Å². The smallest absolute Gasteiger partial charge is 0.161 e. The second-order valence-electron chi connectivity index (χ2n) is 5.62. The number of imidazole rings is 1. The molecule has 0 spiro atoms. The zero-order valence-electron chi connectivity index (χ0n) is 14.9. The first kappa shape index (κ1) is 19.4. The van der Waals surface area contributed by atoms with Crippen LogP contribution in [0.5, 0.6) is 11.5 Å². The largest absolute Gasteiger partial charge is 0.493 e. The number of benzene rings is 2. The average molecular weight is 370 g/mol. The van der Waals surface area contributed by atoms with Gasteiger partial charge in [0, 0.05) is 0 Å². The number of aryl methyl sites for hydroxylation is 1. The van der Waals surface area contributed by atoms with Gasteiger partial charge in [0.25, 0.3) is 0 Å². The van der Waals surface area contributed by atoms with Crippen molar-refractivity contribution in [1.29, 1.82) is 5.26 Å². The molecule has 0 aliphatic carbocycles. The number of hydrogen-bond acceptors (Lipinski definition) is 4. The van der Waals surface area contributed by atoms with Gasteiger partial charge in [-0.3, -0.25) is 0 Å². The van der Waals surface area contributed by atoms with E-state index in [-0.39, 0.29) is 12.4 Å². The minimum atomic E-state index is 0. The van der Waals surface area contributed by atoms with E-state index >= 15 is 0 Å². The van der Waals surface area contributed by atoms with Crippen molar-refractivity contribution in [1.82, 2.24) is 9.97 Å². The number of hydrogen-bond donors (Lipinski definition) is 1. The minimum Gasteiger partial charge on any atom is -0.493 e. The number of nitrogens with one attached hydrogen (secondary N) is 1. The van der Waals surface area contributed by atoms with Crippen LogP contribution in [-0.4, -0.2) is 23.7 Å². The van der Waals surface area contributed by atoms with Crippen LogP contribution in [0.25, 0.3) is 22.7 Å². The molecule has 2 aromatic carbocycles. The zero-order valence-corrected chi connectivity index (χ0v) is 15.7. The summed E-state index contributed by atoms with van der Waals surface area (Å²) in [6, 6.07) is 13.7. The Morgan fingerprint density at radius 3 is 2.73 bits per heavy atom. The first-order valence-electron chi connectivity index (χ1n) is 8.04. The Bertz CT molecular complexity index is 986. The van der Waals surface area contributed by atoms with Gasteiger partial charge in [0.15, 0.2) is 11.5 Å². The summed E-state index contributed by atoms with van der Waals surface area (Å²) in [6.07, 6.45) is 1.78. The van der Waals surface area contributed by atoms with Crippen molar-refractivity contribution in [2.75, 3.05) is 13.7 Å². The lowest BCUT2D eigenvalue weighted by atomic mass is 10.1. The van der Waals surface area contributed by atoms with Crippen molar-refractivity contribution in [2.45, 2.75) is 13.8 Å². The van der Waals surface area contributed by atoms with E-state index in [2.05, 4.69) is 16.0 Å². The van der Waals surface area contributed by atoms with Crippen LogP contribution in [-0.2, 0) is 0 Å². The minimum absolute atomic E-state index is 0. The van der Waals surface area contributed by atoms with Gasteiger partial charge < -0.3 is 14.5 Å². The molecule has 5 nitrogen and oxygen atoms in total. The Balaban J connectivity index is 0.00000243. The van der Waals surface area contributed by atoms with Crippen molar-refractivity contribution in [2.24, 2.45) is 0 Å². The normalized spacial score (nSPS) is 10.9. The fraction of sp³-hybridized carbons (Fsp3) is 0.200. The fourth-order valence-corrected chi connectivity index (χ4v) is 2.62. The number of allylic oxidation sites excluding steroid dienone is 1. The maximum Gasteiger partial charge on any atom is 0.161 e. The Labute approximate surface area is 158 Å². The summed E-state index contributed by atoms with van der Waals surface area (Å²) in [7, 11) is 1.60. The van der Waals surface area contributed by atoms with Crippen molar-refractivity contribution in [3.05, 3.63) is 53.3 Å². The molecule has 6 heteroatoms. The van der Waals surface area contributed by atoms with Gasteiger partial charge in [-0.15, -0.1) is 12.4 Å². The highest BCUT2D eigenvalue weighted by Gasteiger charge is 2.10. The Morgan fingerprint density at radius 2 is 2.04 bits per heavy atom. The van der Waals surface area contributed by atoms with Crippen LogP contribution in [0.4, 0.5) is 0 Å². The van der Waals surface area contributed by atoms with Crippen LogP contribution in [0.3, 0.4) is 0 Å². The monoisotopic (exact) mass is 369 g/mol. The molecule has 1 aromatic heterocycles. The lowest BCUT2D eigenvalue weighted by Crippen LogP contribution is -1.95. The van der Waals surface area contributed by atoms with Crippen LogP contribution in [0.1, 0.15) is 23.9 Å². The average Bonchev–Trinajstić information content (AvgIpc) is 3.03. The van der Waals surface area contributed by atoms with Gasteiger partial charge in [-0.1, -0.05) is 12.1 Å². The highest BCUT2D eigenvalue weighted by molar-refractivity contribution is 5.90. The van der Waals surface area contributed by atoms with Crippen LogP contribution in [0.15, 0.2) is 36.4 Å². The lowest BCUT2D eigenvalue weighted by Gasteiger charge is -2.09. The molecule has 0 aliphatic rings. The van der Waals surface area contributed by atoms with Gasteiger partial charge >= 0.3 is 0 Å². The molecule has 0 saturated carbocycles. The van der Waals surface area contributed by atoms with Crippen LogP contribution in [0.2, 0.25) is 0 Å². The second kappa shape index (κ2) is 8.41. The third-order valence-electron chi connectivity index (χ3n) is 3.81. The summed E-state index contributed by atoms with van der Waals surface area (Å²) < 4.78 is 10.9. The summed E-state index contributed by atoms with van der Waals surface area (Å²) >= 11 is 0. The van der Waals surface area contributed by atoms with Crippen molar-refractivity contribution in [3.63, 3.8) is 0 Å². The van der Waals surface area contributed by atoms with Crippen LogP contribution in [0, 0.1) is 18.3 Å². The molecule has 1 N–H and O–H groups in total. The summed E-state index contributed by atoms with van der Waals surface area (Å²) in [5, 5.41) is 9.55. The van der Waals surface area contributed by atoms with Gasteiger partial charge in [-0.2, -0.15) is 5.26 Å². The fourth-order valence-electron chi connectivity index (χ4n) is 2.62. The number of H-pyrrole nitrogens is 1. The Kier molecular flexibility index (Phi) is 6.26. The summed E-state index contributed by atoms with van der Waals surface area (Å²) in [5.41, 5.74) is 4.20. The summed E-state index contributed by atoms with van der Waals surface area (Å²) in [5.74, 6) is 1.86. The number of aromatic amines is 1. The SMILES string of the molecule is CCOc1ccc(/C=C(\C#N)c2nc3ccc(C)cc3[nH]2)cc1OC.Cl. The third kappa shape index (κ3) is 3.98. The molecule has 0 radical (unpaired) electrons. The van der Waals surface area contributed by atoms with Crippen LogP contribution < -0.4 is 9.47 Å². The number of fused-ring (bicyclic) bond motifs is 1. The van der Waals surface area contributed by atoms with Crippen molar-refractivity contribution < 1.29 is 9.47 Å². The second-order valence-corrected chi connectivity index (χ2v) is 5.62. The highest BCUT2D eigenvalue weighted by atomic mass is 35.5. The van der Waals surface area contributed by atoms with E-state index in [0.717, 1.165) is 22.2 Å². The first-order chi connectivity index (χ1) is 12.1. The molecule has 1 heterocycles. The summed E-state index contributed by atoms with van der Waals surface area (Å²) in [6.45, 7) is 4.50. The predicted molar refractivity (Wildman–Crippen MR) is 106 cm³/mol. The van der Waals surface area contributed by atoms with E-state index in [1.54, 1.807) is 13.2 Å². The molecule has 0 bridgehead atoms. The molecular weight excluding hydrogens is 350 g/mol. The predicted octanol–water partition coefficient (Wildman–Crippen LogP) is 4.76. The molecule has 26 heavy (non-hydrogen) atoms. The number of methoxy groups -OCH3 is 1. The molecule has 0 amide bonds. The highest BCUT2D eigenvalue weighted by Crippen LogP contribution is 2.29. The summed E-state index contributed by atoms with van der Waals surface area (Å²) in [4.78, 5) is 7.72. The molecule has 0 saturated heterocycles. The van der Waals surface area contributed by atoms with Gasteiger partial charge in [-0.05, 0) is 55.3 Å². The Morgan fingerprint density at radius 1 is 1.23 bits per heavy atom. The number of halogens is 1. The van der Waals surface area contributed by atoms with Crippen molar-refractivity contribution in [3.8, 4) is 17.6 Å². The molecule has 3 aromatic rings. The molecule has 0 atom stereocenters. The lowest BCUT2D eigenvalue weighted by molar-refractivity contribution is 0.311. The van der Waals surface area contributed by atoms with Crippen molar-refractivity contribution >= 4 is 35.1 Å². The van der Waals surface area contributed by atoms with E-state index < -0.39 is 0 Å². The van der Waals surface area contributed by atoms with E-state index in [1.165, 1.54) is 0 Å². The van der Waals surface area contributed by atoms with E-state index in [1.807, 2.05) is 50.2 Å². The molecule has 3 rings (SSSR count). The first-order valence-corrected chi connectivity index (χ1v) is 8.04. The molecular formula is C20H20ClN3O2. The topological polar surface area (TPSA) is 70.9 Å². The maximum absolute atomic E-state index is 9.55. The molecule has 0 aliphatic heterocycles. The Hall–Kier alpha value is -2.97. The number of aromatic nitrogens is 2. The third-order valence-corrected chi connectivity index (χ3v) is 3.81.